The SMILES string of the molecule is NC(=O)C[C@@H](C(=O)O)N1CCCCC1=O. The third-order valence-electron chi connectivity index (χ3n) is 2.42. The van der Waals surface area contributed by atoms with Gasteiger partial charge >= 0.3 is 5.97 Å². The van der Waals surface area contributed by atoms with Crippen molar-refractivity contribution in [2.45, 2.75) is 31.7 Å². The van der Waals surface area contributed by atoms with Crippen LogP contribution in [-0.2, 0) is 14.4 Å². The Morgan fingerprint density at radius 1 is 1.47 bits per heavy atom. The van der Waals surface area contributed by atoms with E-state index < -0.39 is 17.9 Å². The Bertz CT molecular complexity index is 290. The van der Waals surface area contributed by atoms with E-state index in [0.717, 1.165) is 12.8 Å². The molecule has 84 valence electrons. The maximum Gasteiger partial charge on any atom is 0.326 e. The van der Waals surface area contributed by atoms with Gasteiger partial charge < -0.3 is 15.7 Å². The zero-order valence-corrected chi connectivity index (χ0v) is 8.31. The minimum atomic E-state index is -1.18. The Morgan fingerprint density at radius 3 is 2.60 bits per heavy atom. The fourth-order valence-electron chi connectivity index (χ4n) is 1.68. The number of aliphatic carboxylic acids is 1. The second-order valence-corrected chi connectivity index (χ2v) is 3.57. The summed E-state index contributed by atoms with van der Waals surface area (Å²) in [7, 11) is 0. The monoisotopic (exact) mass is 214 g/mol. The highest BCUT2D eigenvalue weighted by Gasteiger charge is 2.32. The number of hydrogen-bond donors (Lipinski definition) is 2. The first-order chi connectivity index (χ1) is 7.02. The molecule has 0 spiro atoms. The minimum Gasteiger partial charge on any atom is -0.480 e. The third-order valence-corrected chi connectivity index (χ3v) is 2.42. The van der Waals surface area contributed by atoms with Crippen molar-refractivity contribution in [2.24, 2.45) is 5.73 Å². The number of primary amides is 1. The normalized spacial score (nSPS) is 18.7. The number of hydrogen-bond acceptors (Lipinski definition) is 3. The molecule has 1 aliphatic rings. The molecule has 0 aromatic carbocycles. The molecule has 1 fully saturated rings. The molecule has 0 saturated carbocycles. The number of rotatable bonds is 4. The first-order valence-electron chi connectivity index (χ1n) is 4.83. The number of nitrogens with two attached hydrogens (primary N) is 1. The zero-order valence-electron chi connectivity index (χ0n) is 8.31. The van der Waals surface area contributed by atoms with Gasteiger partial charge in [0.2, 0.25) is 11.8 Å². The van der Waals surface area contributed by atoms with Gasteiger partial charge in [0.1, 0.15) is 6.04 Å². The van der Waals surface area contributed by atoms with Crippen molar-refractivity contribution in [3.05, 3.63) is 0 Å². The van der Waals surface area contributed by atoms with E-state index in [9.17, 15) is 14.4 Å². The lowest BCUT2D eigenvalue weighted by Gasteiger charge is -2.31. The van der Waals surface area contributed by atoms with Crippen LogP contribution in [0.2, 0.25) is 0 Å². The molecule has 1 saturated heterocycles. The second kappa shape index (κ2) is 4.77. The van der Waals surface area contributed by atoms with Gasteiger partial charge in [0.25, 0.3) is 0 Å². The first kappa shape index (κ1) is 11.5. The number of carboxylic acid groups (broad SMARTS) is 1. The smallest absolute Gasteiger partial charge is 0.326 e. The van der Waals surface area contributed by atoms with Crippen molar-refractivity contribution in [3.8, 4) is 0 Å². The van der Waals surface area contributed by atoms with Crippen LogP contribution in [0, 0.1) is 0 Å². The lowest BCUT2D eigenvalue weighted by molar-refractivity contribution is -0.153. The van der Waals surface area contributed by atoms with Crippen molar-refractivity contribution in [1.29, 1.82) is 0 Å². The van der Waals surface area contributed by atoms with Gasteiger partial charge in [-0.25, -0.2) is 4.79 Å². The van der Waals surface area contributed by atoms with E-state index in [1.165, 1.54) is 4.90 Å². The molecule has 1 rings (SSSR count). The minimum absolute atomic E-state index is 0.213. The van der Waals surface area contributed by atoms with E-state index >= 15 is 0 Å². The molecule has 1 aliphatic heterocycles. The topological polar surface area (TPSA) is 101 Å². The van der Waals surface area contributed by atoms with Crippen LogP contribution in [0.25, 0.3) is 0 Å². The Labute approximate surface area is 87.0 Å². The molecule has 1 atom stereocenters. The number of carboxylic acids is 1. The van der Waals surface area contributed by atoms with Crippen molar-refractivity contribution < 1.29 is 19.5 Å². The molecule has 15 heavy (non-hydrogen) atoms. The maximum atomic E-state index is 11.4. The van der Waals surface area contributed by atoms with Gasteiger partial charge in [-0.1, -0.05) is 0 Å². The molecule has 0 radical (unpaired) electrons. The summed E-state index contributed by atoms with van der Waals surface area (Å²) in [5.41, 5.74) is 4.94. The van der Waals surface area contributed by atoms with Crippen LogP contribution >= 0.6 is 0 Å². The fraction of sp³-hybridized carbons (Fsp3) is 0.667. The largest absolute Gasteiger partial charge is 0.480 e. The molecule has 6 nitrogen and oxygen atoms in total. The van der Waals surface area contributed by atoms with Crippen LogP contribution in [0.1, 0.15) is 25.7 Å². The van der Waals surface area contributed by atoms with Gasteiger partial charge in [-0.15, -0.1) is 0 Å². The molecule has 2 amide bonds. The van der Waals surface area contributed by atoms with E-state index in [0.29, 0.717) is 13.0 Å². The molecule has 0 aliphatic carbocycles. The number of nitrogens with zero attached hydrogens (tertiary/aromatic N) is 1. The Balaban J connectivity index is 2.73. The molecule has 0 aromatic heterocycles. The maximum absolute atomic E-state index is 11.4. The highest BCUT2D eigenvalue weighted by molar-refractivity contribution is 5.88. The molecule has 0 bridgehead atoms. The first-order valence-corrected chi connectivity index (χ1v) is 4.83. The van der Waals surface area contributed by atoms with Crippen molar-refractivity contribution >= 4 is 17.8 Å². The summed E-state index contributed by atoms with van der Waals surface area (Å²) in [6.45, 7) is 0.392. The van der Waals surface area contributed by atoms with Gasteiger partial charge in [-0.3, -0.25) is 9.59 Å². The molecule has 1 heterocycles. The highest BCUT2D eigenvalue weighted by Crippen LogP contribution is 2.15. The quantitative estimate of drug-likeness (QED) is 0.647. The highest BCUT2D eigenvalue weighted by atomic mass is 16.4. The van der Waals surface area contributed by atoms with Gasteiger partial charge in [0, 0.05) is 13.0 Å². The van der Waals surface area contributed by atoms with Gasteiger partial charge in [-0.2, -0.15) is 0 Å². The van der Waals surface area contributed by atoms with Crippen LogP contribution in [0.15, 0.2) is 0 Å². The van der Waals surface area contributed by atoms with Gasteiger partial charge in [0.05, 0.1) is 6.42 Å². The number of piperidine rings is 1. The molecular weight excluding hydrogens is 200 g/mol. The van der Waals surface area contributed by atoms with E-state index in [2.05, 4.69) is 0 Å². The summed E-state index contributed by atoms with van der Waals surface area (Å²) in [4.78, 5) is 34.2. The van der Waals surface area contributed by atoms with E-state index in [1.807, 2.05) is 0 Å². The number of amides is 2. The molecule has 0 aromatic rings. The summed E-state index contributed by atoms with van der Waals surface area (Å²) in [6, 6.07) is -1.10. The Morgan fingerprint density at radius 2 is 2.13 bits per heavy atom. The van der Waals surface area contributed by atoms with Crippen molar-refractivity contribution in [2.75, 3.05) is 6.54 Å². The number of likely N-dealkylation sites (tertiary alicyclic amines) is 1. The van der Waals surface area contributed by atoms with E-state index in [1.54, 1.807) is 0 Å². The predicted molar refractivity (Wildman–Crippen MR) is 50.8 cm³/mol. The molecule has 3 N–H and O–H groups in total. The number of carbonyl (C=O) groups is 3. The average Bonchev–Trinajstić information content (AvgIpc) is 2.15. The van der Waals surface area contributed by atoms with Crippen LogP contribution in [0.5, 0.6) is 0 Å². The lowest BCUT2D eigenvalue weighted by Crippen LogP contribution is -2.49. The van der Waals surface area contributed by atoms with E-state index in [4.69, 9.17) is 10.8 Å². The fourth-order valence-corrected chi connectivity index (χ4v) is 1.68. The number of carbonyl (C=O) groups excluding carboxylic acids is 2. The average molecular weight is 214 g/mol. The van der Waals surface area contributed by atoms with Crippen LogP contribution in [0.3, 0.4) is 0 Å². The summed E-state index contributed by atoms with van der Waals surface area (Å²) >= 11 is 0. The predicted octanol–water partition coefficient (Wildman–Crippen LogP) is -0.673. The summed E-state index contributed by atoms with van der Waals surface area (Å²) in [5.74, 6) is -2.10. The summed E-state index contributed by atoms with van der Waals surface area (Å²) in [5, 5.41) is 8.89. The Hall–Kier alpha value is -1.59. The molecule has 6 heteroatoms. The Kier molecular flexibility index (Phi) is 3.65. The third kappa shape index (κ3) is 2.93. The van der Waals surface area contributed by atoms with Crippen LogP contribution < -0.4 is 5.73 Å². The van der Waals surface area contributed by atoms with Crippen molar-refractivity contribution in [3.63, 3.8) is 0 Å². The van der Waals surface area contributed by atoms with Crippen LogP contribution in [-0.4, -0.2) is 40.4 Å². The summed E-state index contributed by atoms with van der Waals surface area (Å²) in [6.07, 6.45) is 1.58. The lowest BCUT2D eigenvalue weighted by atomic mass is 10.1. The standard InChI is InChI=1S/C9H14N2O4/c10-7(12)5-6(9(14)15)11-4-2-1-3-8(11)13/h6H,1-5H2,(H2,10,12)(H,14,15)/t6-/m0/s1. The summed E-state index contributed by atoms with van der Waals surface area (Å²) < 4.78 is 0. The second-order valence-electron chi connectivity index (χ2n) is 3.57. The van der Waals surface area contributed by atoms with Gasteiger partial charge in [-0.05, 0) is 12.8 Å². The molecule has 0 unspecified atom stereocenters. The van der Waals surface area contributed by atoms with Crippen LogP contribution in [0.4, 0.5) is 0 Å². The zero-order chi connectivity index (χ0) is 11.4. The molecular formula is C9H14N2O4. The van der Waals surface area contributed by atoms with E-state index in [-0.39, 0.29) is 12.3 Å². The van der Waals surface area contributed by atoms with Gasteiger partial charge in [0.15, 0.2) is 0 Å². The van der Waals surface area contributed by atoms with Crippen molar-refractivity contribution in [1.82, 2.24) is 4.90 Å².